The van der Waals surface area contributed by atoms with Crippen LogP contribution in [0.5, 0.6) is 11.5 Å². The van der Waals surface area contributed by atoms with Crippen molar-refractivity contribution in [2.45, 2.75) is 0 Å². The second-order valence-electron chi connectivity index (χ2n) is 4.78. The molecule has 0 aliphatic carbocycles. The van der Waals surface area contributed by atoms with Gasteiger partial charge in [-0.3, -0.25) is 10.1 Å². The highest BCUT2D eigenvalue weighted by Crippen LogP contribution is 2.36. The predicted octanol–water partition coefficient (Wildman–Crippen LogP) is 3.84. The summed E-state index contributed by atoms with van der Waals surface area (Å²) in [5, 5.41) is 2.90. The minimum absolute atomic E-state index is 0.00307. The third-order valence-corrected chi connectivity index (χ3v) is 4.23. The van der Waals surface area contributed by atoms with E-state index in [0.717, 1.165) is 16.8 Å². The standard InChI is InChI=1S/C16H12F2N2O3S/c1-22-12-6-11-14(7-13(12)23-2)24-16(19-11)20-15(21)8-3-4-9(17)10(18)5-8/h3-7H,1-2H3,(H,19,20,21). The van der Waals surface area contributed by atoms with Crippen molar-refractivity contribution in [3.8, 4) is 11.5 Å². The Kier molecular flexibility index (Phi) is 4.30. The molecule has 1 N–H and O–H groups in total. The lowest BCUT2D eigenvalue weighted by molar-refractivity contribution is 0.102. The normalized spacial score (nSPS) is 10.7. The van der Waals surface area contributed by atoms with Crippen LogP contribution in [0.3, 0.4) is 0 Å². The van der Waals surface area contributed by atoms with E-state index < -0.39 is 17.5 Å². The molecule has 2 aromatic carbocycles. The highest BCUT2D eigenvalue weighted by molar-refractivity contribution is 7.22. The highest BCUT2D eigenvalue weighted by atomic mass is 32.1. The van der Waals surface area contributed by atoms with Crippen LogP contribution in [0.25, 0.3) is 10.2 Å². The second-order valence-corrected chi connectivity index (χ2v) is 5.81. The molecule has 0 saturated carbocycles. The number of benzene rings is 2. The van der Waals surface area contributed by atoms with Crippen molar-refractivity contribution in [2.75, 3.05) is 19.5 Å². The Morgan fingerprint density at radius 3 is 2.46 bits per heavy atom. The molecule has 0 spiro atoms. The lowest BCUT2D eigenvalue weighted by atomic mass is 10.2. The molecule has 0 bridgehead atoms. The molecular formula is C16H12F2N2O3S. The van der Waals surface area contributed by atoms with Gasteiger partial charge in [0.15, 0.2) is 28.3 Å². The van der Waals surface area contributed by atoms with Crippen LogP contribution in [0, 0.1) is 11.6 Å². The van der Waals surface area contributed by atoms with E-state index in [-0.39, 0.29) is 5.56 Å². The Balaban J connectivity index is 1.89. The molecule has 5 nitrogen and oxygen atoms in total. The van der Waals surface area contributed by atoms with Gasteiger partial charge in [-0.1, -0.05) is 11.3 Å². The number of hydrogen-bond acceptors (Lipinski definition) is 5. The highest BCUT2D eigenvalue weighted by Gasteiger charge is 2.14. The molecular weight excluding hydrogens is 338 g/mol. The number of anilines is 1. The molecule has 0 radical (unpaired) electrons. The summed E-state index contributed by atoms with van der Waals surface area (Å²) < 4.78 is 37.4. The van der Waals surface area contributed by atoms with Gasteiger partial charge in [0.1, 0.15) is 0 Å². The zero-order valence-electron chi connectivity index (χ0n) is 12.7. The fraction of sp³-hybridized carbons (Fsp3) is 0.125. The molecule has 3 rings (SSSR count). The van der Waals surface area contributed by atoms with Crippen LogP contribution in [-0.4, -0.2) is 25.1 Å². The molecule has 8 heteroatoms. The summed E-state index contributed by atoms with van der Waals surface area (Å²) in [6, 6.07) is 6.38. The van der Waals surface area contributed by atoms with Crippen LogP contribution in [0.1, 0.15) is 10.4 Å². The number of carbonyl (C=O) groups is 1. The van der Waals surface area contributed by atoms with E-state index in [9.17, 15) is 13.6 Å². The summed E-state index contributed by atoms with van der Waals surface area (Å²) in [4.78, 5) is 16.4. The van der Waals surface area contributed by atoms with Gasteiger partial charge in [-0.25, -0.2) is 13.8 Å². The summed E-state index contributed by atoms with van der Waals surface area (Å²) >= 11 is 1.23. The maximum absolute atomic E-state index is 13.2. The fourth-order valence-corrected chi connectivity index (χ4v) is 2.99. The van der Waals surface area contributed by atoms with Gasteiger partial charge in [-0.2, -0.15) is 0 Å². The summed E-state index contributed by atoms with van der Waals surface area (Å²) in [6.07, 6.45) is 0. The van der Waals surface area contributed by atoms with E-state index in [1.165, 1.54) is 31.6 Å². The molecule has 24 heavy (non-hydrogen) atoms. The number of amides is 1. The Morgan fingerprint density at radius 1 is 1.08 bits per heavy atom. The van der Waals surface area contributed by atoms with Crippen LogP contribution in [0.4, 0.5) is 13.9 Å². The number of aromatic nitrogens is 1. The number of carbonyl (C=O) groups excluding carboxylic acids is 1. The van der Waals surface area contributed by atoms with E-state index in [4.69, 9.17) is 9.47 Å². The van der Waals surface area contributed by atoms with Crippen molar-refractivity contribution in [3.05, 3.63) is 47.5 Å². The molecule has 124 valence electrons. The lowest BCUT2D eigenvalue weighted by Gasteiger charge is -2.05. The number of hydrogen-bond donors (Lipinski definition) is 1. The molecule has 1 aromatic heterocycles. The number of thiazole rings is 1. The van der Waals surface area contributed by atoms with E-state index in [1.54, 1.807) is 12.1 Å². The van der Waals surface area contributed by atoms with Gasteiger partial charge in [0.2, 0.25) is 0 Å². The number of nitrogens with zero attached hydrogens (tertiary/aromatic N) is 1. The van der Waals surface area contributed by atoms with Crippen molar-refractivity contribution < 1.29 is 23.0 Å². The van der Waals surface area contributed by atoms with E-state index in [1.807, 2.05) is 0 Å². The van der Waals surface area contributed by atoms with Crippen molar-refractivity contribution in [3.63, 3.8) is 0 Å². The Labute approximate surface area is 139 Å². The maximum atomic E-state index is 13.2. The minimum Gasteiger partial charge on any atom is -0.493 e. The van der Waals surface area contributed by atoms with Gasteiger partial charge in [0.05, 0.1) is 24.4 Å². The monoisotopic (exact) mass is 350 g/mol. The number of methoxy groups -OCH3 is 2. The number of fused-ring (bicyclic) bond motifs is 1. The molecule has 0 aliphatic heterocycles. The molecule has 1 heterocycles. The first-order chi connectivity index (χ1) is 11.5. The first-order valence-electron chi connectivity index (χ1n) is 6.81. The Hall–Kier alpha value is -2.74. The molecule has 1 amide bonds. The van der Waals surface area contributed by atoms with Crippen LogP contribution in [-0.2, 0) is 0 Å². The van der Waals surface area contributed by atoms with Crippen molar-refractivity contribution in [1.29, 1.82) is 0 Å². The molecule has 0 unspecified atom stereocenters. The smallest absolute Gasteiger partial charge is 0.257 e. The summed E-state index contributed by atoms with van der Waals surface area (Å²) in [6.45, 7) is 0. The van der Waals surface area contributed by atoms with Crippen molar-refractivity contribution in [2.24, 2.45) is 0 Å². The SMILES string of the molecule is COc1cc2nc(NC(=O)c3ccc(F)c(F)c3)sc2cc1OC. The van der Waals surface area contributed by atoms with E-state index in [0.29, 0.717) is 22.1 Å². The lowest BCUT2D eigenvalue weighted by Crippen LogP contribution is -2.12. The largest absolute Gasteiger partial charge is 0.493 e. The van der Waals surface area contributed by atoms with Crippen molar-refractivity contribution in [1.82, 2.24) is 4.98 Å². The number of nitrogens with one attached hydrogen (secondary N) is 1. The van der Waals surface area contributed by atoms with Gasteiger partial charge >= 0.3 is 0 Å². The maximum Gasteiger partial charge on any atom is 0.257 e. The molecule has 0 saturated heterocycles. The van der Waals surface area contributed by atoms with Crippen LogP contribution >= 0.6 is 11.3 Å². The van der Waals surface area contributed by atoms with Gasteiger partial charge < -0.3 is 9.47 Å². The Morgan fingerprint density at radius 2 is 1.79 bits per heavy atom. The molecule has 0 aliphatic rings. The third-order valence-electron chi connectivity index (χ3n) is 3.30. The predicted molar refractivity (Wildman–Crippen MR) is 87.0 cm³/mol. The van der Waals surface area contributed by atoms with E-state index in [2.05, 4.69) is 10.3 Å². The first kappa shape index (κ1) is 16.1. The first-order valence-corrected chi connectivity index (χ1v) is 7.62. The molecule has 0 fully saturated rings. The fourth-order valence-electron chi connectivity index (χ4n) is 2.12. The average Bonchev–Trinajstić information content (AvgIpc) is 2.96. The number of halogens is 2. The topological polar surface area (TPSA) is 60.5 Å². The number of ether oxygens (including phenoxy) is 2. The third kappa shape index (κ3) is 3.00. The van der Waals surface area contributed by atoms with Crippen molar-refractivity contribution >= 4 is 32.6 Å². The zero-order chi connectivity index (χ0) is 17.3. The van der Waals surface area contributed by atoms with Gasteiger partial charge in [-0.05, 0) is 18.2 Å². The van der Waals surface area contributed by atoms with Crippen LogP contribution in [0.15, 0.2) is 30.3 Å². The van der Waals surface area contributed by atoms with Crippen LogP contribution in [0.2, 0.25) is 0 Å². The van der Waals surface area contributed by atoms with Crippen LogP contribution < -0.4 is 14.8 Å². The van der Waals surface area contributed by atoms with E-state index >= 15 is 0 Å². The summed E-state index contributed by atoms with van der Waals surface area (Å²) in [5.41, 5.74) is 0.626. The molecule has 3 aromatic rings. The van der Waals surface area contributed by atoms with Gasteiger partial charge in [-0.15, -0.1) is 0 Å². The second kappa shape index (κ2) is 6.40. The summed E-state index contributed by atoms with van der Waals surface area (Å²) in [7, 11) is 3.04. The quantitative estimate of drug-likeness (QED) is 0.777. The van der Waals surface area contributed by atoms with Gasteiger partial charge in [0.25, 0.3) is 5.91 Å². The molecule has 0 atom stereocenters. The summed E-state index contributed by atoms with van der Waals surface area (Å²) in [5.74, 6) is -1.60. The Bertz CT molecular complexity index is 886. The minimum atomic E-state index is -1.08. The number of rotatable bonds is 4. The van der Waals surface area contributed by atoms with Gasteiger partial charge in [0, 0.05) is 17.7 Å². The average molecular weight is 350 g/mol. The zero-order valence-corrected chi connectivity index (χ0v) is 13.5.